The highest BCUT2D eigenvalue weighted by Crippen LogP contribution is 2.34. The fourth-order valence-electron chi connectivity index (χ4n) is 2.46. The molecule has 3 aromatic rings. The summed E-state index contributed by atoms with van der Waals surface area (Å²) >= 11 is 0. The molecule has 3 rings (SSSR count). The number of rotatable bonds is 4. The maximum Gasteiger partial charge on any atom is 0.135 e. The average molecular weight is 265 g/mol. The lowest BCUT2D eigenvalue weighted by Gasteiger charge is -2.15. The summed E-state index contributed by atoms with van der Waals surface area (Å²) in [6.45, 7) is 1.61. The van der Waals surface area contributed by atoms with E-state index in [2.05, 4.69) is 73.6 Å². The SMILES string of the molecule is CN(C)CCOc1c2ccccc2cc2ccccc12. The fraction of sp³-hybridized carbons (Fsp3) is 0.222. The molecule has 0 bridgehead atoms. The Morgan fingerprint density at radius 3 is 1.95 bits per heavy atom. The largest absolute Gasteiger partial charge is 0.491 e. The number of nitrogens with zero attached hydrogens (tertiary/aromatic N) is 1. The second kappa shape index (κ2) is 5.51. The Balaban J connectivity index is 2.12. The molecule has 0 atom stereocenters. The molecule has 2 nitrogen and oxygen atoms in total. The number of hydrogen-bond donors (Lipinski definition) is 0. The van der Waals surface area contributed by atoms with Gasteiger partial charge in [-0.1, -0.05) is 48.5 Å². The van der Waals surface area contributed by atoms with Crippen LogP contribution in [0.25, 0.3) is 21.5 Å². The maximum absolute atomic E-state index is 6.10. The van der Waals surface area contributed by atoms with Gasteiger partial charge in [-0.3, -0.25) is 0 Å². The quantitative estimate of drug-likeness (QED) is 0.663. The van der Waals surface area contributed by atoms with Crippen molar-refractivity contribution >= 4 is 21.5 Å². The Morgan fingerprint density at radius 2 is 1.40 bits per heavy atom. The van der Waals surface area contributed by atoms with Crippen molar-refractivity contribution in [2.45, 2.75) is 0 Å². The topological polar surface area (TPSA) is 12.5 Å². The molecule has 2 heteroatoms. The second-order valence-corrected chi connectivity index (χ2v) is 5.30. The van der Waals surface area contributed by atoms with Gasteiger partial charge in [0.2, 0.25) is 0 Å². The smallest absolute Gasteiger partial charge is 0.135 e. The van der Waals surface area contributed by atoms with Gasteiger partial charge in [0.05, 0.1) is 0 Å². The molecule has 0 amide bonds. The zero-order valence-corrected chi connectivity index (χ0v) is 12.0. The van der Waals surface area contributed by atoms with E-state index in [0.717, 1.165) is 12.3 Å². The van der Waals surface area contributed by atoms with Crippen LogP contribution >= 0.6 is 0 Å². The minimum atomic E-state index is 0.699. The van der Waals surface area contributed by atoms with E-state index >= 15 is 0 Å². The zero-order chi connectivity index (χ0) is 13.9. The summed E-state index contributed by atoms with van der Waals surface area (Å²) in [5.74, 6) is 1.00. The van der Waals surface area contributed by atoms with E-state index < -0.39 is 0 Å². The third-order valence-electron chi connectivity index (χ3n) is 3.51. The Hall–Kier alpha value is -2.06. The first-order chi connectivity index (χ1) is 9.75. The molecular formula is C18H19NO. The molecule has 0 spiro atoms. The van der Waals surface area contributed by atoms with Crippen molar-refractivity contribution in [1.82, 2.24) is 4.90 Å². The monoisotopic (exact) mass is 265 g/mol. The molecule has 0 aliphatic carbocycles. The lowest BCUT2D eigenvalue weighted by atomic mass is 10.0. The third kappa shape index (κ3) is 2.47. The Kier molecular flexibility index (Phi) is 3.57. The minimum Gasteiger partial charge on any atom is -0.491 e. The van der Waals surface area contributed by atoms with E-state index in [9.17, 15) is 0 Å². The summed E-state index contributed by atoms with van der Waals surface area (Å²) < 4.78 is 6.10. The average Bonchev–Trinajstić information content (AvgIpc) is 2.46. The predicted octanol–water partition coefficient (Wildman–Crippen LogP) is 3.93. The molecule has 20 heavy (non-hydrogen) atoms. The predicted molar refractivity (Wildman–Crippen MR) is 85.5 cm³/mol. The Morgan fingerprint density at radius 1 is 0.850 bits per heavy atom. The summed E-state index contributed by atoms with van der Waals surface area (Å²) in [5, 5.41) is 4.83. The van der Waals surface area contributed by atoms with Crippen LogP contribution in [0.4, 0.5) is 0 Å². The standard InChI is InChI=1S/C18H19NO/c1-19(2)11-12-20-18-16-9-5-3-7-14(16)13-15-8-4-6-10-17(15)18/h3-10,13H,11-12H2,1-2H3. The molecule has 0 aromatic heterocycles. The van der Waals surface area contributed by atoms with Crippen molar-refractivity contribution in [2.24, 2.45) is 0 Å². The molecule has 0 radical (unpaired) electrons. The zero-order valence-electron chi connectivity index (χ0n) is 12.0. The van der Waals surface area contributed by atoms with Gasteiger partial charge in [-0.15, -0.1) is 0 Å². The summed E-state index contributed by atoms with van der Waals surface area (Å²) in [6, 6.07) is 19.0. The molecule has 0 aliphatic heterocycles. The highest BCUT2D eigenvalue weighted by Gasteiger charge is 2.08. The summed E-state index contributed by atoms with van der Waals surface area (Å²) in [4.78, 5) is 2.13. The van der Waals surface area contributed by atoms with E-state index in [4.69, 9.17) is 4.74 Å². The van der Waals surface area contributed by atoms with Gasteiger partial charge in [-0.05, 0) is 30.9 Å². The van der Waals surface area contributed by atoms with E-state index in [1.807, 2.05) is 0 Å². The van der Waals surface area contributed by atoms with Crippen molar-refractivity contribution < 1.29 is 4.74 Å². The van der Waals surface area contributed by atoms with Crippen LogP contribution in [0.3, 0.4) is 0 Å². The molecule has 0 heterocycles. The molecule has 0 aliphatic rings. The van der Waals surface area contributed by atoms with Crippen molar-refractivity contribution in [1.29, 1.82) is 0 Å². The van der Waals surface area contributed by atoms with Gasteiger partial charge in [0.25, 0.3) is 0 Å². The van der Waals surface area contributed by atoms with Gasteiger partial charge in [0.1, 0.15) is 12.4 Å². The number of benzene rings is 3. The van der Waals surface area contributed by atoms with Crippen LogP contribution in [-0.4, -0.2) is 32.1 Å². The number of fused-ring (bicyclic) bond motifs is 2. The maximum atomic E-state index is 6.10. The second-order valence-electron chi connectivity index (χ2n) is 5.30. The highest BCUT2D eigenvalue weighted by molar-refractivity contribution is 6.05. The van der Waals surface area contributed by atoms with E-state index in [0.29, 0.717) is 6.61 Å². The molecule has 3 aromatic carbocycles. The van der Waals surface area contributed by atoms with Gasteiger partial charge >= 0.3 is 0 Å². The van der Waals surface area contributed by atoms with Gasteiger partial charge in [0.15, 0.2) is 0 Å². The van der Waals surface area contributed by atoms with Crippen molar-refractivity contribution in [3.63, 3.8) is 0 Å². The van der Waals surface area contributed by atoms with E-state index in [-0.39, 0.29) is 0 Å². The van der Waals surface area contributed by atoms with Crippen LogP contribution in [-0.2, 0) is 0 Å². The molecule has 0 N–H and O–H groups in total. The fourth-order valence-corrected chi connectivity index (χ4v) is 2.46. The van der Waals surface area contributed by atoms with E-state index in [1.54, 1.807) is 0 Å². The molecular weight excluding hydrogens is 246 g/mol. The summed E-state index contributed by atoms with van der Waals surface area (Å²) in [7, 11) is 4.12. The third-order valence-corrected chi connectivity index (χ3v) is 3.51. The highest BCUT2D eigenvalue weighted by atomic mass is 16.5. The molecule has 0 saturated heterocycles. The summed E-state index contributed by atoms with van der Waals surface area (Å²) in [6.07, 6.45) is 0. The lowest BCUT2D eigenvalue weighted by molar-refractivity contribution is 0.266. The van der Waals surface area contributed by atoms with Gasteiger partial charge in [-0.25, -0.2) is 0 Å². The number of ether oxygens (including phenoxy) is 1. The van der Waals surface area contributed by atoms with Crippen molar-refractivity contribution in [2.75, 3.05) is 27.2 Å². The molecule has 0 saturated carbocycles. The Bertz CT molecular complexity index is 680. The van der Waals surface area contributed by atoms with Gasteiger partial charge < -0.3 is 9.64 Å². The number of likely N-dealkylation sites (N-methyl/N-ethyl adjacent to an activating group) is 1. The van der Waals surface area contributed by atoms with Gasteiger partial charge in [-0.2, -0.15) is 0 Å². The van der Waals surface area contributed by atoms with Crippen LogP contribution in [0.15, 0.2) is 54.6 Å². The van der Waals surface area contributed by atoms with Crippen molar-refractivity contribution in [3.8, 4) is 5.75 Å². The van der Waals surface area contributed by atoms with Crippen LogP contribution < -0.4 is 4.74 Å². The first-order valence-corrected chi connectivity index (χ1v) is 6.94. The Labute approximate surface area is 119 Å². The number of hydrogen-bond acceptors (Lipinski definition) is 2. The molecule has 102 valence electrons. The van der Waals surface area contributed by atoms with Crippen LogP contribution in [0.1, 0.15) is 0 Å². The van der Waals surface area contributed by atoms with Crippen LogP contribution in [0.5, 0.6) is 5.75 Å². The normalized spacial score (nSPS) is 11.3. The van der Waals surface area contributed by atoms with E-state index in [1.165, 1.54) is 21.5 Å². The minimum absolute atomic E-state index is 0.699. The lowest BCUT2D eigenvalue weighted by Crippen LogP contribution is -2.19. The molecule has 0 unspecified atom stereocenters. The van der Waals surface area contributed by atoms with Crippen LogP contribution in [0, 0.1) is 0 Å². The molecule has 0 fully saturated rings. The summed E-state index contributed by atoms with van der Waals surface area (Å²) in [5.41, 5.74) is 0. The van der Waals surface area contributed by atoms with Gasteiger partial charge in [0, 0.05) is 17.3 Å². The van der Waals surface area contributed by atoms with Crippen LogP contribution in [0.2, 0.25) is 0 Å². The first-order valence-electron chi connectivity index (χ1n) is 6.94. The first kappa shape index (κ1) is 12.9. The van der Waals surface area contributed by atoms with Crippen molar-refractivity contribution in [3.05, 3.63) is 54.6 Å².